The van der Waals surface area contributed by atoms with Crippen LogP contribution in [0.1, 0.15) is 84.8 Å². The number of allylic oxidation sites excluding steroid dienone is 2. The van der Waals surface area contributed by atoms with Crippen molar-refractivity contribution < 1.29 is 9.18 Å². The summed E-state index contributed by atoms with van der Waals surface area (Å²) < 4.78 is 13.1. The molecule has 1 aromatic carbocycles. The Hall–Kier alpha value is -1.97. The van der Waals surface area contributed by atoms with Gasteiger partial charge in [-0.3, -0.25) is 14.2 Å². The van der Waals surface area contributed by atoms with Crippen LogP contribution < -0.4 is 5.32 Å². The van der Waals surface area contributed by atoms with Crippen molar-refractivity contribution in [3.05, 3.63) is 47.5 Å². The molecule has 2 atom stereocenters. The average Bonchev–Trinajstić information content (AvgIpc) is 2.72. The first-order valence-electron chi connectivity index (χ1n) is 12.2. The Kier molecular flexibility index (Phi) is 15.6. The lowest BCUT2D eigenvalue weighted by molar-refractivity contribution is -0.120. The van der Waals surface area contributed by atoms with Crippen molar-refractivity contribution in [1.82, 2.24) is 5.32 Å². The van der Waals surface area contributed by atoms with Gasteiger partial charge in [0.25, 0.3) is 0 Å². The summed E-state index contributed by atoms with van der Waals surface area (Å²) in [6, 6.07) is 8.38. The summed E-state index contributed by atoms with van der Waals surface area (Å²) in [5.41, 5.74) is 3.53. The first kappa shape index (κ1) is 30.0. The molecule has 182 valence electrons. The zero-order valence-corrected chi connectivity index (χ0v) is 21.8. The Morgan fingerprint density at radius 3 is 2.41 bits per heavy atom. The molecule has 2 unspecified atom stereocenters. The van der Waals surface area contributed by atoms with Crippen LogP contribution in [0.4, 0.5) is 4.39 Å². The molecule has 0 saturated heterocycles. The lowest BCUT2D eigenvalue weighted by Crippen LogP contribution is -2.43. The zero-order chi connectivity index (χ0) is 24.6. The van der Waals surface area contributed by atoms with Crippen LogP contribution in [0, 0.1) is 18.8 Å². The monoisotopic (exact) mass is 446 g/mol. The Bertz CT molecular complexity index is 709. The molecule has 0 aliphatic rings. The third-order valence-corrected chi connectivity index (χ3v) is 5.50. The van der Waals surface area contributed by atoms with E-state index >= 15 is 0 Å². The number of amides is 1. The summed E-state index contributed by atoms with van der Waals surface area (Å²) in [6.07, 6.45) is 10.2. The fourth-order valence-electron chi connectivity index (χ4n) is 4.06. The van der Waals surface area contributed by atoms with Crippen molar-refractivity contribution in [1.29, 1.82) is 0 Å². The van der Waals surface area contributed by atoms with Crippen LogP contribution in [0.3, 0.4) is 0 Å². The predicted octanol–water partition coefficient (Wildman–Crippen LogP) is 7.28. The van der Waals surface area contributed by atoms with E-state index in [0.29, 0.717) is 0 Å². The number of carbonyl (C=O) groups is 1. The van der Waals surface area contributed by atoms with Crippen LogP contribution in [-0.2, 0) is 11.2 Å². The number of benzene rings is 1. The number of carbonyl (C=O) groups excluding carboxylic acids is 1. The van der Waals surface area contributed by atoms with E-state index in [2.05, 4.69) is 68.3 Å². The molecule has 0 radical (unpaired) electrons. The topological polar surface area (TPSA) is 41.5 Å². The number of aliphatic imine (C=N–C) groups is 1. The minimum Gasteiger partial charge on any atom is -0.351 e. The number of hydrogen-bond donors (Lipinski definition) is 1. The van der Waals surface area contributed by atoms with Gasteiger partial charge < -0.3 is 5.32 Å². The smallest absolute Gasteiger partial charge is 0.217 e. The van der Waals surface area contributed by atoms with Gasteiger partial charge >= 0.3 is 0 Å². The number of halogens is 1. The molecule has 0 saturated carbocycles. The average molecular weight is 447 g/mol. The molecule has 32 heavy (non-hydrogen) atoms. The van der Waals surface area contributed by atoms with Gasteiger partial charge in [-0.05, 0) is 58.4 Å². The maximum absolute atomic E-state index is 13.1. The maximum atomic E-state index is 13.1. The molecule has 0 fully saturated rings. The molecule has 0 aliphatic heterocycles. The summed E-state index contributed by atoms with van der Waals surface area (Å²) >= 11 is 0. The number of hydrogen-bond acceptors (Lipinski definition) is 2. The Labute approximate surface area is 197 Å². The van der Waals surface area contributed by atoms with Crippen molar-refractivity contribution >= 4 is 11.6 Å². The lowest BCUT2D eigenvalue weighted by Gasteiger charge is -2.25. The number of nitrogens with zero attached hydrogens (tertiary/aromatic N) is 1. The standard InChI is InChI=1S/C15H28FN.C13H19NO/c1-5-8-10-13(12-16)14(7-3)15(17-4)11-9-6-2;1-10-6-5-7-12(8-10)9-13(3,4)14-11(2)15/h8,10,13-14H,5-7,9,11-12H2,1-4H3;5-8H,9H2,1-4H3,(H,14,15)/b10-8-,17-15?;. The summed E-state index contributed by atoms with van der Waals surface area (Å²) in [4.78, 5) is 15.4. The van der Waals surface area contributed by atoms with Gasteiger partial charge in [-0.2, -0.15) is 0 Å². The summed E-state index contributed by atoms with van der Waals surface area (Å²) in [7, 11) is 1.84. The van der Waals surface area contributed by atoms with Gasteiger partial charge in [0.1, 0.15) is 0 Å². The highest BCUT2D eigenvalue weighted by Crippen LogP contribution is 2.23. The Morgan fingerprint density at radius 1 is 1.25 bits per heavy atom. The van der Waals surface area contributed by atoms with Gasteiger partial charge in [0.05, 0.1) is 6.67 Å². The Balaban J connectivity index is 0.000000604. The fraction of sp³-hybridized carbons (Fsp3) is 0.643. The molecule has 3 nitrogen and oxygen atoms in total. The minimum absolute atomic E-state index is 0.00973. The quantitative estimate of drug-likeness (QED) is 0.266. The van der Waals surface area contributed by atoms with E-state index in [9.17, 15) is 9.18 Å². The van der Waals surface area contributed by atoms with E-state index in [1.807, 2.05) is 27.0 Å². The number of nitrogens with one attached hydrogen (secondary N) is 1. The summed E-state index contributed by atoms with van der Waals surface area (Å²) in [5, 5.41) is 2.95. The van der Waals surface area contributed by atoms with E-state index < -0.39 is 0 Å². The maximum Gasteiger partial charge on any atom is 0.217 e. The van der Waals surface area contributed by atoms with Crippen LogP contribution in [0.2, 0.25) is 0 Å². The molecule has 0 aliphatic carbocycles. The fourth-order valence-corrected chi connectivity index (χ4v) is 4.06. The molecular weight excluding hydrogens is 399 g/mol. The number of unbranched alkanes of at least 4 members (excludes halogenated alkanes) is 1. The predicted molar refractivity (Wildman–Crippen MR) is 138 cm³/mol. The first-order chi connectivity index (χ1) is 15.1. The van der Waals surface area contributed by atoms with Crippen LogP contribution in [0.5, 0.6) is 0 Å². The normalized spacial score (nSPS) is 14.0. The number of aryl methyl sites for hydroxylation is 1. The number of alkyl halides is 1. The first-order valence-corrected chi connectivity index (χ1v) is 12.2. The van der Waals surface area contributed by atoms with Gasteiger partial charge in [-0.15, -0.1) is 0 Å². The van der Waals surface area contributed by atoms with Crippen molar-refractivity contribution in [2.45, 2.75) is 92.5 Å². The SMILES string of the molecule is CC(=O)NC(C)(C)Cc1cccc(C)c1.CC/C=C\C(CF)C(CC)C(CCCC)=NC. The molecule has 1 N–H and O–H groups in total. The number of rotatable bonds is 12. The highest BCUT2D eigenvalue weighted by atomic mass is 19.1. The lowest BCUT2D eigenvalue weighted by atomic mass is 9.84. The highest BCUT2D eigenvalue weighted by molar-refractivity contribution is 5.87. The van der Waals surface area contributed by atoms with E-state index in [-0.39, 0.29) is 30.0 Å². The Morgan fingerprint density at radius 2 is 1.94 bits per heavy atom. The minimum atomic E-state index is -0.278. The molecule has 0 bridgehead atoms. The molecule has 0 spiro atoms. The van der Waals surface area contributed by atoms with Gasteiger partial charge in [0.2, 0.25) is 5.91 Å². The van der Waals surface area contributed by atoms with E-state index in [4.69, 9.17) is 0 Å². The van der Waals surface area contributed by atoms with Crippen LogP contribution in [0.25, 0.3) is 0 Å². The second kappa shape index (κ2) is 16.6. The molecule has 4 heteroatoms. The van der Waals surface area contributed by atoms with Gasteiger partial charge in [-0.1, -0.05) is 69.2 Å². The molecule has 0 heterocycles. The van der Waals surface area contributed by atoms with Gasteiger partial charge in [0, 0.05) is 37.1 Å². The van der Waals surface area contributed by atoms with E-state index in [0.717, 1.165) is 32.1 Å². The molecule has 1 rings (SSSR count). The van der Waals surface area contributed by atoms with Crippen LogP contribution in [-0.4, -0.2) is 30.9 Å². The van der Waals surface area contributed by atoms with Crippen molar-refractivity contribution in [3.8, 4) is 0 Å². The molecular formula is C28H47FN2O. The van der Waals surface area contributed by atoms with Crippen molar-refractivity contribution in [3.63, 3.8) is 0 Å². The summed E-state index contributed by atoms with van der Waals surface area (Å²) in [6.45, 7) is 13.8. The third-order valence-electron chi connectivity index (χ3n) is 5.50. The van der Waals surface area contributed by atoms with E-state index in [1.165, 1.54) is 23.3 Å². The second-order valence-electron chi connectivity index (χ2n) is 9.22. The van der Waals surface area contributed by atoms with E-state index in [1.54, 1.807) is 6.92 Å². The van der Waals surface area contributed by atoms with Crippen molar-refractivity contribution in [2.75, 3.05) is 13.7 Å². The second-order valence-corrected chi connectivity index (χ2v) is 9.22. The van der Waals surface area contributed by atoms with Gasteiger partial charge in [-0.25, -0.2) is 0 Å². The third kappa shape index (κ3) is 12.8. The molecule has 1 amide bonds. The van der Waals surface area contributed by atoms with Crippen molar-refractivity contribution in [2.24, 2.45) is 16.8 Å². The molecule has 0 aromatic heterocycles. The summed E-state index contributed by atoms with van der Waals surface area (Å²) in [5.74, 6) is 0.308. The largest absolute Gasteiger partial charge is 0.351 e. The zero-order valence-electron chi connectivity index (χ0n) is 21.8. The van der Waals surface area contributed by atoms with Crippen LogP contribution in [0.15, 0.2) is 41.4 Å². The molecule has 1 aromatic rings. The van der Waals surface area contributed by atoms with Crippen LogP contribution >= 0.6 is 0 Å². The highest BCUT2D eigenvalue weighted by Gasteiger charge is 2.22. The van der Waals surface area contributed by atoms with Gasteiger partial charge in [0.15, 0.2) is 0 Å².